The standard InChI is InChI=1S/C11H18N4O/c1-2-16-11(8-3-4-8)10(15-12)9-7-13-5-6-14-9/h5-8,10-11,15H,2-4,12H2,1H3. The molecule has 5 heteroatoms. The second-order valence-corrected chi connectivity index (χ2v) is 4.03. The molecule has 0 aromatic carbocycles. The molecule has 5 nitrogen and oxygen atoms in total. The van der Waals surface area contributed by atoms with Crippen molar-refractivity contribution in [1.29, 1.82) is 0 Å². The molecule has 1 aromatic heterocycles. The van der Waals surface area contributed by atoms with Gasteiger partial charge in [0.1, 0.15) is 0 Å². The zero-order valence-electron chi connectivity index (χ0n) is 9.47. The van der Waals surface area contributed by atoms with Crippen LogP contribution >= 0.6 is 0 Å². The van der Waals surface area contributed by atoms with E-state index >= 15 is 0 Å². The number of ether oxygens (including phenoxy) is 1. The van der Waals surface area contributed by atoms with Gasteiger partial charge < -0.3 is 4.74 Å². The first-order valence-electron chi connectivity index (χ1n) is 5.70. The molecule has 1 saturated carbocycles. The summed E-state index contributed by atoms with van der Waals surface area (Å²) in [5.74, 6) is 6.20. The Kier molecular flexibility index (Phi) is 3.82. The van der Waals surface area contributed by atoms with Crippen LogP contribution in [0.4, 0.5) is 0 Å². The van der Waals surface area contributed by atoms with Gasteiger partial charge in [-0.15, -0.1) is 0 Å². The number of rotatable bonds is 6. The van der Waals surface area contributed by atoms with Crippen molar-refractivity contribution in [3.63, 3.8) is 0 Å². The van der Waals surface area contributed by atoms with Gasteiger partial charge in [-0.3, -0.25) is 15.8 Å². The van der Waals surface area contributed by atoms with E-state index in [2.05, 4.69) is 15.4 Å². The van der Waals surface area contributed by atoms with E-state index in [0.717, 1.165) is 5.69 Å². The largest absolute Gasteiger partial charge is 0.376 e. The Labute approximate surface area is 95.4 Å². The van der Waals surface area contributed by atoms with Crippen LogP contribution in [-0.2, 0) is 4.74 Å². The van der Waals surface area contributed by atoms with Gasteiger partial charge in [-0.05, 0) is 25.7 Å². The summed E-state index contributed by atoms with van der Waals surface area (Å²) in [5.41, 5.74) is 3.64. The van der Waals surface area contributed by atoms with Crippen LogP contribution < -0.4 is 11.3 Å². The third-order valence-electron chi connectivity index (χ3n) is 2.86. The summed E-state index contributed by atoms with van der Waals surface area (Å²) in [5, 5.41) is 0. The number of hydrogen-bond donors (Lipinski definition) is 2. The molecule has 0 bridgehead atoms. The lowest BCUT2D eigenvalue weighted by Crippen LogP contribution is -2.39. The Morgan fingerprint density at radius 1 is 1.56 bits per heavy atom. The molecule has 0 spiro atoms. The van der Waals surface area contributed by atoms with Crippen molar-refractivity contribution < 1.29 is 4.74 Å². The zero-order chi connectivity index (χ0) is 11.4. The molecule has 2 atom stereocenters. The molecule has 0 aliphatic heterocycles. The van der Waals surface area contributed by atoms with Crippen LogP contribution in [0.3, 0.4) is 0 Å². The topological polar surface area (TPSA) is 73.1 Å². The first-order chi connectivity index (χ1) is 7.86. The van der Waals surface area contributed by atoms with Crippen molar-refractivity contribution in [1.82, 2.24) is 15.4 Å². The highest BCUT2D eigenvalue weighted by Crippen LogP contribution is 2.39. The van der Waals surface area contributed by atoms with Gasteiger partial charge in [0.25, 0.3) is 0 Å². The van der Waals surface area contributed by atoms with Gasteiger partial charge in [0.05, 0.1) is 24.0 Å². The van der Waals surface area contributed by atoms with Gasteiger partial charge in [0, 0.05) is 19.0 Å². The van der Waals surface area contributed by atoms with Crippen molar-refractivity contribution in [2.75, 3.05) is 6.61 Å². The van der Waals surface area contributed by atoms with E-state index in [1.165, 1.54) is 12.8 Å². The number of hydrazine groups is 1. The van der Waals surface area contributed by atoms with Crippen LogP contribution in [-0.4, -0.2) is 22.7 Å². The predicted octanol–water partition coefficient (Wildman–Crippen LogP) is 0.796. The molecule has 2 unspecified atom stereocenters. The van der Waals surface area contributed by atoms with E-state index in [0.29, 0.717) is 12.5 Å². The number of hydrogen-bond acceptors (Lipinski definition) is 5. The fourth-order valence-corrected chi connectivity index (χ4v) is 1.94. The molecular weight excluding hydrogens is 204 g/mol. The third-order valence-corrected chi connectivity index (χ3v) is 2.86. The molecule has 88 valence electrons. The van der Waals surface area contributed by atoms with Crippen LogP contribution in [0.5, 0.6) is 0 Å². The maximum absolute atomic E-state index is 5.76. The van der Waals surface area contributed by atoms with Crippen molar-refractivity contribution in [2.24, 2.45) is 11.8 Å². The van der Waals surface area contributed by atoms with Crippen LogP contribution in [0, 0.1) is 5.92 Å². The predicted molar refractivity (Wildman–Crippen MR) is 60.2 cm³/mol. The second-order valence-electron chi connectivity index (χ2n) is 4.03. The summed E-state index contributed by atoms with van der Waals surface area (Å²) in [4.78, 5) is 8.34. The third kappa shape index (κ3) is 2.55. The summed E-state index contributed by atoms with van der Waals surface area (Å²) >= 11 is 0. The summed E-state index contributed by atoms with van der Waals surface area (Å²) in [6, 6.07) is -0.0684. The number of nitrogens with one attached hydrogen (secondary N) is 1. The van der Waals surface area contributed by atoms with Gasteiger partial charge in [-0.2, -0.15) is 0 Å². The van der Waals surface area contributed by atoms with Gasteiger partial charge in [-0.25, -0.2) is 5.43 Å². The highest BCUT2D eigenvalue weighted by Gasteiger charge is 2.38. The Balaban J connectivity index is 2.13. The normalized spacial score (nSPS) is 19.4. The smallest absolute Gasteiger partial charge is 0.0911 e. The van der Waals surface area contributed by atoms with Gasteiger partial charge in [-0.1, -0.05) is 0 Å². The SMILES string of the molecule is CCOC(C1CC1)C(NN)c1cnccn1. The molecule has 1 fully saturated rings. The lowest BCUT2D eigenvalue weighted by atomic mass is 10.0. The molecule has 0 radical (unpaired) electrons. The molecule has 0 amide bonds. The number of aromatic nitrogens is 2. The van der Waals surface area contributed by atoms with Crippen LogP contribution in [0.25, 0.3) is 0 Å². The monoisotopic (exact) mass is 222 g/mol. The minimum absolute atomic E-state index is 0.0684. The lowest BCUT2D eigenvalue weighted by Gasteiger charge is -2.25. The quantitative estimate of drug-likeness (QED) is 0.550. The lowest BCUT2D eigenvalue weighted by molar-refractivity contribution is 0.0174. The molecule has 1 aromatic rings. The average molecular weight is 222 g/mol. The maximum Gasteiger partial charge on any atom is 0.0911 e. The fraction of sp³-hybridized carbons (Fsp3) is 0.636. The Hall–Kier alpha value is -1.04. The molecule has 16 heavy (non-hydrogen) atoms. The Bertz CT molecular complexity index is 315. The van der Waals surface area contributed by atoms with E-state index in [9.17, 15) is 0 Å². The number of nitrogens with two attached hydrogens (primary N) is 1. The first-order valence-corrected chi connectivity index (χ1v) is 5.70. The van der Waals surface area contributed by atoms with E-state index in [1.807, 2.05) is 6.92 Å². The second kappa shape index (κ2) is 5.34. The zero-order valence-corrected chi connectivity index (χ0v) is 9.47. The average Bonchev–Trinajstić information content (AvgIpc) is 3.14. The Morgan fingerprint density at radius 2 is 2.38 bits per heavy atom. The highest BCUT2D eigenvalue weighted by atomic mass is 16.5. The number of nitrogens with zero attached hydrogens (tertiary/aromatic N) is 2. The van der Waals surface area contributed by atoms with Gasteiger partial charge in [0.15, 0.2) is 0 Å². The maximum atomic E-state index is 5.76. The fourth-order valence-electron chi connectivity index (χ4n) is 1.94. The molecule has 3 N–H and O–H groups in total. The summed E-state index contributed by atoms with van der Waals surface area (Å²) in [7, 11) is 0. The molecule has 1 heterocycles. The molecule has 0 saturated heterocycles. The van der Waals surface area contributed by atoms with Crippen molar-refractivity contribution in [2.45, 2.75) is 31.9 Å². The highest BCUT2D eigenvalue weighted by molar-refractivity contribution is 5.07. The summed E-state index contributed by atoms with van der Waals surface area (Å²) in [6.07, 6.45) is 7.59. The van der Waals surface area contributed by atoms with Crippen molar-refractivity contribution >= 4 is 0 Å². The molecule has 1 aliphatic rings. The van der Waals surface area contributed by atoms with E-state index in [1.54, 1.807) is 18.6 Å². The molecular formula is C11H18N4O. The van der Waals surface area contributed by atoms with E-state index in [4.69, 9.17) is 10.6 Å². The minimum atomic E-state index is -0.0684. The minimum Gasteiger partial charge on any atom is -0.376 e. The van der Waals surface area contributed by atoms with Crippen molar-refractivity contribution in [3.05, 3.63) is 24.3 Å². The summed E-state index contributed by atoms with van der Waals surface area (Å²) in [6.45, 7) is 2.69. The van der Waals surface area contributed by atoms with E-state index in [-0.39, 0.29) is 12.1 Å². The molecule has 2 rings (SSSR count). The van der Waals surface area contributed by atoms with Crippen LogP contribution in [0.2, 0.25) is 0 Å². The van der Waals surface area contributed by atoms with Gasteiger partial charge >= 0.3 is 0 Å². The Morgan fingerprint density at radius 3 is 2.88 bits per heavy atom. The van der Waals surface area contributed by atoms with Crippen LogP contribution in [0.15, 0.2) is 18.6 Å². The first kappa shape index (κ1) is 11.4. The molecule has 1 aliphatic carbocycles. The summed E-state index contributed by atoms with van der Waals surface area (Å²) < 4.78 is 5.76. The van der Waals surface area contributed by atoms with Crippen molar-refractivity contribution in [3.8, 4) is 0 Å². The van der Waals surface area contributed by atoms with Gasteiger partial charge in [0.2, 0.25) is 0 Å². The van der Waals surface area contributed by atoms with E-state index < -0.39 is 0 Å². The van der Waals surface area contributed by atoms with Crippen LogP contribution in [0.1, 0.15) is 31.5 Å².